The van der Waals surface area contributed by atoms with Gasteiger partial charge in [-0.3, -0.25) is 4.79 Å². The SMILES string of the molecule is O=C1C=CC(=C2CC2)C=N1. The van der Waals surface area contributed by atoms with E-state index in [4.69, 9.17) is 0 Å². The van der Waals surface area contributed by atoms with Gasteiger partial charge < -0.3 is 0 Å². The minimum atomic E-state index is -0.148. The summed E-state index contributed by atoms with van der Waals surface area (Å²) in [5.74, 6) is -0.148. The fraction of sp³-hybridized carbons (Fsp3) is 0.250. The second kappa shape index (κ2) is 1.90. The van der Waals surface area contributed by atoms with Gasteiger partial charge in [0.15, 0.2) is 0 Å². The Kier molecular flexibility index (Phi) is 1.07. The van der Waals surface area contributed by atoms with E-state index in [-0.39, 0.29) is 5.91 Å². The molecular weight excluding hydrogens is 126 g/mol. The molecule has 1 fully saturated rings. The molecule has 1 aliphatic heterocycles. The van der Waals surface area contributed by atoms with E-state index in [2.05, 4.69) is 4.99 Å². The van der Waals surface area contributed by atoms with Gasteiger partial charge in [-0.2, -0.15) is 0 Å². The number of carbonyl (C=O) groups is 1. The summed E-state index contributed by atoms with van der Waals surface area (Å²) in [5.41, 5.74) is 2.56. The Labute approximate surface area is 59.0 Å². The average Bonchev–Trinajstić information content (AvgIpc) is 2.71. The van der Waals surface area contributed by atoms with E-state index in [1.54, 1.807) is 6.21 Å². The van der Waals surface area contributed by atoms with Crippen LogP contribution in [-0.4, -0.2) is 12.1 Å². The Balaban J connectivity index is 2.30. The number of amides is 1. The Hall–Kier alpha value is -1.18. The summed E-state index contributed by atoms with van der Waals surface area (Å²) in [6.07, 6.45) is 7.38. The molecule has 2 nitrogen and oxygen atoms in total. The first-order chi connectivity index (χ1) is 4.86. The molecule has 10 heavy (non-hydrogen) atoms. The van der Waals surface area contributed by atoms with Gasteiger partial charge in [-0.1, -0.05) is 5.57 Å². The van der Waals surface area contributed by atoms with Crippen molar-refractivity contribution >= 4 is 12.1 Å². The zero-order valence-electron chi connectivity index (χ0n) is 5.50. The molecule has 0 spiro atoms. The van der Waals surface area contributed by atoms with Crippen molar-refractivity contribution in [2.75, 3.05) is 0 Å². The molecule has 0 aromatic rings. The monoisotopic (exact) mass is 133 g/mol. The molecule has 0 bridgehead atoms. The number of nitrogens with zero attached hydrogens (tertiary/aromatic N) is 1. The van der Waals surface area contributed by atoms with Crippen LogP contribution in [0.1, 0.15) is 12.8 Å². The van der Waals surface area contributed by atoms with Gasteiger partial charge in [0.1, 0.15) is 0 Å². The van der Waals surface area contributed by atoms with E-state index in [9.17, 15) is 4.79 Å². The normalized spacial score (nSPS) is 22.2. The third kappa shape index (κ3) is 0.923. The van der Waals surface area contributed by atoms with E-state index < -0.39 is 0 Å². The third-order valence-electron chi connectivity index (χ3n) is 1.64. The maximum Gasteiger partial charge on any atom is 0.269 e. The van der Waals surface area contributed by atoms with E-state index in [0.717, 1.165) is 5.57 Å². The van der Waals surface area contributed by atoms with Crippen LogP contribution < -0.4 is 0 Å². The second-order valence-electron chi connectivity index (χ2n) is 2.49. The number of rotatable bonds is 0. The Morgan fingerprint density at radius 1 is 1.30 bits per heavy atom. The number of allylic oxidation sites excluding steroid dienone is 3. The molecule has 1 aliphatic carbocycles. The molecule has 0 saturated heterocycles. The lowest BCUT2D eigenvalue weighted by atomic mass is 10.2. The molecule has 50 valence electrons. The van der Waals surface area contributed by atoms with Crippen molar-refractivity contribution in [1.82, 2.24) is 0 Å². The number of dihydropyridines is 1. The first kappa shape index (κ1) is 5.59. The van der Waals surface area contributed by atoms with Crippen molar-refractivity contribution in [3.8, 4) is 0 Å². The summed E-state index contributed by atoms with van der Waals surface area (Å²) in [4.78, 5) is 14.2. The van der Waals surface area contributed by atoms with Gasteiger partial charge in [0.2, 0.25) is 0 Å². The summed E-state index contributed by atoms with van der Waals surface area (Å²) in [6, 6.07) is 0. The molecule has 0 unspecified atom stereocenters. The van der Waals surface area contributed by atoms with E-state index >= 15 is 0 Å². The predicted octanol–water partition coefficient (Wildman–Crippen LogP) is 1.24. The molecule has 0 atom stereocenters. The molecule has 1 heterocycles. The predicted molar refractivity (Wildman–Crippen MR) is 38.9 cm³/mol. The molecule has 0 aromatic heterocycles. The number of aliphatic imine (C=N–C) groups is 1. The molecule has 2 heteroatoms. The Morgan fingerprint density at radius 3 is 2.60 bits per heavy atom. The molecular formula is C8H7NO. The van der Waals surface area contributed by atoms with Crippen molar-refractivity contribution < 1.29 is 4.79 Å². The standard InChI is InChI=1S/C8H7NO/c10-8-4-3-7(5-9-8)6-1-2-6/h3-5H,1-2H2. The molecule has 0 radical (unpaired) electrons. The van der Waals surface area contributed by atoms with Crippen LogP contribution in [0.15, 0.2) is 28.3 Å². The zero-order chi connectivity index (χ0) is 6.97. The summed E-state index contributed by atoms with van der Waals surface area (Å²) in [6.45, 7) is 0. The fourth-order valence-electron chi connectivity index (χ4n) is 0.941. The number of carbonyl (C=O) groups excluding carboxylic acids is 1. The molecule has 0 aromatic carbocycles. The molecule has 0 N–H and O–H groups in total. The highest BCUT2D eigenvalue weighted by molar-refractivity contribution is 6.03. The summed E-state index contributed by atoms with van der Waals surface area (Å²) in [5, 5.41) is 0. The lowest BCUT2D eigenvalue weighted by Crippen LogP contribution is -1.95. The van der Waals surface area contributed by atoms with Crippen LogP contribution in [0.3, 0.4) is 0 Å². The number of hydrogen-bond acceptors (Lipinski definition) is 1. The van der Waals surface area contributed by atoms with E-state index in [1.807, 2.05) is 6.08 Å². The average molecular weight is 133 g/mol. The zero-order valence-corrected chi connectivity index (χ0v) is 5.50. The fourth-order valence-corrected chi connectivity index (χ4v) is 0.941. The first-order valence-electron chi connectivity index (χ1n) is 3.34. The van der Waals surface area contributed by atoms with Crippen molar-refractivity contribution in [3.63, 3.8) is 0 Å². The lowest BCUT2D eigenvalue weighted by Gasteiger charge is -1.95. The van der Waals surface area contributed by atoms with Crippen LogP contribution in [0.25, 0.3) is 0 Å². The maximum atomic E-state index is 10.5. The largest absolute Gasteiger partial charge is 0.269 e. The van der Waals surface area contributed by atoms with Crippen molar-refractivity contribution in [2.24, 2.45) is 4.99 Å². The molecule has 2 rings (SSSR count). The molecule has 2 aliphatic rings. The van der Waals surface area contributed by atoms with Gasteiger partial charge >= 0.3 is 0 Å². The Bertz CT molecular complexity index is 247. The van der Waals surface area contributed by atoms with Crippen LogP contribution in [0.4, 0.5) is 0 Å². The van der Waals surface area contributed by atoms with Crippen molar-refractivity contribution in [2.45, 2.75) is 12.8 Å². The summed E-state index contributed by atoms with van der Waals surface area (Å²) < 4.78 is 0. The molecule has 1 amide bonds. The second-order valence-corrected chi connectivity index (χ2v) is 2.49. The minimum Gasteiger partial charge on any atom is -0.267 e. The van der Waals surface area contributed by atoms with Crippen LogP contribution in [0, 0.1) is 0 Å². The van der Waals surface area contributed by atoms with Crippen LogP contribution in [0.5, 0.6) is 0 Å². The van der Waals surface area contributed by atoms with Gasteiger partial charge in [-0.05, 0) is 24.5 Å². The van der Waals surface area contributed by atoms with Gasteiger partial charge in [-0.25, -0.2) is 4.99 Å². The van der Waals surface area contributed by atoms with Crippen LogP contribution >= 0.6 is 0 Å². The van der Waals surface area contributed by atoms with E-state index in [1.165, 1.54) is 24.5 Å². The van der Waals surface area contributed by atoms with Crippen LogP contribution in [-0.2, 0) is 4.79 Å². The van der Waals surface area contributed by atoms with Gasteiger partial charge in [0.25, 0.3) is 5.91 Å². The summed E-state index contributed by atoms with van der Waals surface area (Å²) in [7, 11) is 0. The van der Waals surface area contributed by atoms with Gasteiger partial charge in [0, 0.05) is 12.3 Å². The lowest BCUT2D eigenvalue weighted by molar-refractivity contribution is -0.113. The van der Waals surface area contributed by atoms with Gasteiger partial charge in [-0.15, -0.1) is 0 Å². The summed E-state index contributed by atoms with van der Waals surface area (Å²) >= 11 is 0. The molecule has 1 saturated carbocycles. The van der Waals surface area contributed by atoms with E-state index in [0.29, 0.717) is 0 Å². The quantitative estimate of drug-likeness (QED) is 0.489. The highest BCUT2D eigenvalue weighted by Crippen LogP contribution is 2.31. The Morgan fingerprint density at radius 2 is 2.10 bits per heavy atom. The number of hydrogen-bond donors (Lipinski definition) is 0. The highest BCUT2D eigenvalue weighted by Gasteiger charge is 2.16. The minimum absolute atomic E-state index is 0.148. The maximum absolute atomic E-state index is 10.5. The topological polar surface area (TPSA) is 29.4 Å². The van der Waals surface area contributed by atoms with Crippen LogP contribution in [0.2, 0.25) is 0 Å². The third-order valence-corrected chi connectivity index (χ3v) is 1.64. The smallest absolute Gasteiger partial charge is 0.267 e. The highest BCUT2D eigenvalue weighted by atomic mass is 16.1. The van der Waals surface area contributed by atoms with Crippen molar-refractivity contribution in [3.05, 3.63) is 23.3 Å². The van der Waals surface area contributed by atoms with Crippen molar-refractivity contribution in [1.29, 1.82) is 0 Å². The van der Waals surface area contributed by atoms with Gasteiger partial charge in [0.05, 0.1) is 0 Å². The first-order valence-corrected chi connectivity index (χ1v) is 3.34.